The van der Waals surface area contributed by atoms with E-state index in [2.05, 4.69) is 10.2 Å². The van der Waals surface area contributed by atoms with Gasteiger partial charge in [-0.2, -0.15) is 0 Å². The second kappa shape index (κ2) is 7.07. The van der Waals surface area contributed by atoms with Gasteiger partial charge in [-0.3, -0.25) is 0 Å². The third kappa shape index (κ3) is 3.67. The Balaban J connectivity index is 2.57. The lowest BCUT2D eigenvalue weighted by molar-refractivity contribution is -0.150. The molecule has 0 aliphatic heterocycles. The van der Waals surface area contributed by atoms with Gasteiger partial charge in [-0.1, -0.05) is 0 Å². The zero-order chi connectivity index (χ0) is 13.6. The average molecular weight is 258 g/mol. The summed E-state index contributed by atoms with van der Waals surface area (Å²) in [6, 6.07) is 0. The Bertz CT molecular complexity index is 269. The van der Waals surface area contributed by atoms with Crippen LogP contribution >= 0.6 is 0 Å². The summed E-state index contributed by atoms with van der Waals surface area (Å²) in [5.41, 5.74) is -0.545. The number of hydrogen-bond acceptors (Lipinski definition) is 5. The van der Waals surface area contributed by atoms with E-state index < -0.39 is 5.54 Å². The zero-order valence-corrected chi connectivity index (χ0v) is 12.0. The molecule has 1 rings (SSSR count). The van der Waals surface area contributed by atoms with Crippen molar-refractivity contribution in [2.75, 3.05) is 48.0 Å². The molecule has 0 bridgehead atoms. The highest BCUT2D eigenvalue weighted by molar-refractivity contribution is 5.82. The average Bonchev–Trinajstić information content (AvgIpc) is 3.20. The fraction of sp³-hybridized carbons (Fsp3) is 0.923. The van der Waals surface area contributed by atoms with Crippen molar-refractivity contribution in [3.8, 4) is 0 Å². The Hall–Kier alpha value is -0.650. The Labute approximate surface area is 110 Å². The first-order valence-corrected chi connectivity index (χ1v) is 6.55. The lowest BCUT2D eigenvalue weighted by Crippen LogP contribution is -2.59. The second-order valence-corrected chi connectivity index (χ2v) is 5.07. The number of carbonyl (C=O) groups is 1. The van der Waals surface area contributed by atoms with Crippen LogP contribution in [-0.4, -0.2) is 64.4 Å². The molecule has 1 N–H and O–H groups in total. The van der Waals surface area contributed by atoms with Crippen LogP contribution in [0.25, 0.3) is 0 Å². The van der Waals surface area contributed by atoms with Crippen molar-refractivity contribution in [1.29, 1.82) is 0 Å². The molecular formula is C13H26N2O3. The van der Waals surface area contributed by atoms with E-state index in [0.717, 1.165) is 32.4 Å². The highest BCUT2D eigenvalue weighted by Crippen LogP contribution is 2.40. The first kappa shape index (κ1) is 15.4. The van der Waals surface area contributed by atoms with Gasteiger partial charge in [0.1, 0.15) is 5.54 Å². The molecule has 5 heteroatoms. The monoisotopic (exact) mass is 258 g/mol. The topological polar surface area (TPSA) is 50.8 Å². The number of hydrogen-bond donors (Lipinski definition) is 1. The molecule has 106 valence electrons. The number of nitrogens with one attached hydrogen (secondary N) is 1. The van der Waals surface area contributed by atoms with Gasteiger partial charge in [-0.15, -0.1) is 0 Å². The lowest BCUT2D eigenvalue weighted by atomic mass is 9.92. The maximum absolute atomic E-state index is 12.1. The molecule has 0 amide bonds. The molecule has 1 fully saturated rings. The summed E-state index contributed by atoms with van der Waals surface area (Å²) >= 11 is 0. The minimum atomic E-state index is -0.545. The molecule has 0 spiro atoms. The maximum Gasteiger partial charge on any atom is 0.327 e. The normalized spacial score (nSPS) is 18.7. The van der Waals surface area contributed by atoms with E-state index in [-0.39, 0.29) is 5.97 Å². The van der Waals surface area contributed by atoms with Crippen LogP contribution in [0.5, 0.6) is 0 Å². The Morgan fingerprint density at radius 3 is 2.56 bits per heavy atom. The predicted molar refractivity (Wildman–Crippen MR) is 70.5 cm³/mol. The van der Waals surface area contributed by atoms with Crippen molar-refractivity contribution in [3.05, 3.63) is 0 Å². The zero-order valence-electron chi connectivity index (χ0n) is 12.0. The van der Waals surface area contributed by atoms with Gasteiger partial charge < -0.3 is 19.7 Å². The smallest absolute Gasteiger partial charge is 0.327 e. The number of ether oxygens (including phenoxy) is 2. The standard InChI is InChI=1S/C13H26N2O3/c1-14-13(11-6-7-11,12(16)18-4)10-15(2)8-5-9-17-3/h11,14H,5-10H2,1-4H3. The summed E-state index contributed by atoms with van der Waals surface area (Å²) in [7, 11) is 7.05. The number of nitrogens with zero attached hydrogens (tertiary/aromatic N) is 1. The van der Waals surface area contributed by atoms with Gasteiger partial charge in [0.15, 0.2) is 0 Å². The van der Waals surface area contributed by atoms with Crippen LogP contribution in [-0.2, 0) is 14.3 Å². The molecule has 0 aromatic rings. The number of likely N-dealkylation sites (N-methyl/N-ethyl adjacent to an activating group) is 2. The summed E-state index contributed by atoms with van der Waals surface area (Å²) in [6.07, 6.45) is 3.17. The van der Waals surface area contributed by atoms with E-state index in [1.807, 2.05) is 14.1 Å². The summed E-state index contributed by atoms with van der Waals surface area (Å²) in [6.45, 7) is 2.35. The molecular weight excluding hydrogens is 232 g/mol. The van der Waals surface area contributed by atoms with E-state index in [1.54, 1.807) is 7.11 Å². The summed E-state index contributed by atoms with van der Waals surface area (Å²) in [5.74, 6) is 0.255. The molecule has 5 nitrogen and oxygen atoms in total. The molecule has 1 aliphatic carbocycles. The van der Waals surface area contributed by atoms with Gasteiger partial charge in [-0.05, 0) is 39.3 Å². The van der Waals surface area contributed by atoms with Crippen molar-refractivity contribution >= 4 is 5.97 Å². The Morgan fingerprint density at radius 2 is 2.11 bits per heavy atom. The first-order valence-electron chi connectivity index (χ1n) is 6.55. The largest absolute Gasteiger partial charge is 0.468 e. The number of esters is 1. The van der Waals surface area contributed by atoms with E-state index in [4.69, 9.17) is 9.47 Å². The number of rotatable bonds is 9. The summed E-state index contributed by atoms with van der Waals surface area (Å²) in [5, 5.41) is 3.20. The van der Waals surface area contributed by atoms with Crippen molar-refractivity contribution in [3.63, 3.8) is 0 Å². The second-order valence-electron chi connectivity index (χ2n) is 5.07. The molecule has 18 heavy (non-hydrogen) atoms. The van der Waals surface area contributed by atoms with Crippen LogP contribution in [0.1, 0.15) is 19.3 Å². The van der Waals surface area contributed by atoms with Crippen LogP contribution in [0, 0.1) is 5.92 Å². The molecule has 1 atom stereocenters. The fourth-order valence-electron chi connectivity index (χ4n) is 2.49. The van der Waals surface area contributed by atoms with Crippen molar-refractivity contribution in [2.24, 2.45) is 5.92 Å². The molecule has 0 aromatic carbocycles. The molecule has 1 unspecified atom stereocenters. The molecule has 0 radical (unpaired) electrons. The van der Waals surface area contributed by atoms with Crippen LogP contribution in [0.4, 0.5) is 0 Å². The third-order valence-electron chi connectivity index (χ3n) is 3.68. The number of methoxy groups -OCH3 is 2. The fourth-order valence-corrected chi connectivity index (χ4v) is 2.49. The quantitative estimate of drug-likeness (QED) is 0.482. The van der Waals surface area contributed by atoms with Gasteiger partial charge in [-0.25, -0.2) is 4.79 Å². The van der Waals surface area contributed by atoms with Crippen molar-refractivity contribution < 1.29 is 14.3 Å². The molecule has 0 saturated heterocycles. The minimum absolute atomic E-state index is 0.147. The van der Waals surface area contributed by atoms with Gasteiger partial charge in [0, 0.05) is 26.8 Å². The van der Waals surface area contributed by atoms with Crippen LogP contribution in [0.15, 0.2) is 0 Å². The Morgan fingerprint density at radius 1 is 1.44 bits per heavy atom. The van der Waals surface area contributed by atoms with E-state index in [0.29, 0.717) is 12.5 Å². The SMILES string of the molecule is CNC(CN(C)CCCOC)(C(=O)OC)C1CC1. The van der Waals surface area contributed by atoms with Crippen LogP contribution in [0.3, 0.4) is 0 Å². The third-order valence-corrected chi connectivity index (χ3v) is 3.68. The predicted octanol–water partition coefficient (Wildman–Crippen LogP) is 0.496. The molecule has 0 aromatic heterocycles. The lowest BCUT2D eigenvalue weighted by Gasteiger charge is -2.34. The van der Waals surface area contributed by atoms with Gasteiger partial charge in [0.25, 0.3) is 0 Å². The Kier molecular flexibility index (Phi) is 6.05. The van der Waals surface area contributed by atoms with Crippen LogP contribution in [0.2, 0.25) is 0 Å². The van der Waals surface area contributed by atoms with Crippen LogP contribution < -0.4 is 5.32 Å². The molecule has 1 saturated carbocycles. The number of carbonyl (C=O) groups excluding carboxylic acids is 1. The maximum atomic E-state index is 12.1. The van der Waals surface area contributed by atoms with E-state index in [1.165, 1.54) is 7.11 Å². The summed E-state index contributed by atoms with van der Waals surface area (Å²) < 4.78 is 10.0. The first-order chi connectivity index (χ1) is 8.60. The van der Waals surface area contributed by atoms with Crippen molar-refractivity contribution in [1.82, 2.24) is 10.2 Å². The van der Waals surface area contributed by atoms with E-state index >= 15 is 0 Å². The summed E-state index contributed by atoms with van der Waals surface area (Å²) in [4.78, 5) is 14.2. The van der Waals surface area contributed by atoms with E-state index in [9.17, 15) is 4.79 Å². The van der Waals surface area contributed by atoms with Crippen molar-refractivity contribution in [2.45, 2.75) is 24.8 Å². The molecule has 1 aliphatic rings. The highest BCUT2D eigenvalue weighted by Gasteiger charge is 2.51. The van der Waals surface area contributed by atoms with Gasteiger partial charge in [0.2, 0.25) is 0 Å². The molecule has 0 heterocycles. The van der Waals surface area contributed by atoms with Gasteiger partial charge >= 0.3 is 5.97 Å². The highest BCUT2D eigenvalue weighted by atomic mass is 16.5. The van der Waals surface area contributed by atoms with Gasteiger partial charge in [0.05, 0.1) is 7.11 Å². The minimum Gasteiger partial charge on any atom is -0.468 e.